The second-order valence-corrected chi connectivity index (χ2v) is 6.24. The van der Waals surface area contributed by atoms with Crippen molar-refractivity contribution in [3.8, 4) is 0 Å². The molecule has 0 radical (unpaired) electrons. The number of carboxylic acid groups (broad SMARTS) is 1. The Balaban J connectivity index is 3.68. The van der Waals surface area contributed by atoms with Crippen LogP contribution in [-0.2, 0) is 14.3 Å². The summed E-state index contributed by atoms with van der Waals surface area (Å²) < 4.78 is 6.31. The minimum absolute atomic E-state index is 0.0588. The van der Waals surface area contributed by atoms with Crippen LogP contribution in [0.15, 0.2) is 18.7 Å². The molecular formula is C16H26N4O6. The minimum atomic E-state index is -2.25. The van der Waals surface area contributed by atoms with Crippen LogP contribution in [0.3, 0.4) is 0 Å². The number of aliphatic hydroxyl groups is 1. The third-order valence-corrected chi connectivity index (χ3v) is 3.92. The van der Waals surface area contributed by atoms with Crippen LogP contribution in [0, 0.1) is 11.3 Å². The minimum Gasteiger partial charge on any atom is -0.480 e. The molecular weight excluding hydrogens is 344 g/mol. The second kappa shape index (κ2) is 9.18. The number of carbonyl (C=O) groups excluding carboxylic acids is 2. The van der Waals surface area contributed by atoms with Gasteiger partial charge in [0.15, 0.2) is 0 Å². The number of primary amides is 1. The molecule has 2 atom stereocenters. The molecule has 1 rings (SSSR count). The number of nitrogens with zero attached hydrogens (tertiary/aromatic N) is 3. The number of rotatable bonds is 10. The summed E-state index contributed by atoms with van der Waals surface area (Å²) in [5.41, 5.74) is 3.25. The van der Waals surface area contributed by atoms with Crippen molar-refractivity contribution in [2.45, 2.75) is 33.4 Å². The van der Waals surface area contributed by atoms with Gasteiger partial charge in [0.2, 0.25) is 5.41 Å². The number of carbonyl (C=O) groups is 3. The van der Waals surface area contributed by atoms with E-state index < -0.39 is 42.6 Å². The molecule has 10 nitrogen and oxygen atoms in total. The average Bonchev–Trinajstić information content (AvgIpc) is 3.06. The van der Waals surface area contributed by atoms with Crippen molar-refractivity contribution in [1.82, 2.24) is 14.5 Å². The Morgan fingerprint density at radius 3 is 2.42 bits per heavy atom. The predicted molar refractivity (Wildman–Crippen MR) is 90.8 cm³/mol. The number of amides is 2. The van der Waals surface area contributed by atoms with Gasteiger partial charge in [-0.15, -0.1) is 0 Å². The summed E-state index contributed by atoms with van der Waals surface area (Å²) in [6.45, 7) is 4.61. The molecule has 1 aromatic rings. The van der Waals surface area contributed by atoms with Crippen molar-refractivity contribution in [3.05, 3.63) is 18.7 Å². The smallest absolute Gasteiger partial charge is 0.327 e. The summed E-state index contributed by atoms with van der Waals surface area (Å²) in [5, 5.41) is 19.4. The standard InChI is InChI=1S/C16H26N4O6/c1-4-26-14(24)16(5-8-21,13(22)23)12(19-7-6-18-10-19)20(15(17)25)9-11(2)3/h6-7,10-12,21H,4-5,8-9H2,1-3H3,(H2,17,25)(H,22,23). The molecule has 0 aromatic carbocycles. The largest absolute Gasteiger partial charge is 0.480 e. The normalized spacial score (nSPS) is 14.5. The van der Waals surface area contributed by atoms with Gasteiger partial charge in [0.25, 0.3) is 0 Å². The van der Waals surface area contributed by atoms with Gasteiger partial charge in [-0.3, -0.25) is 9.59 Å². The van der Waals surface area contributed by atoms with Crippen LogP contribution >= 0.6 is 0 Å². The fraction of sp³-hybridized carbons (Fsp3) is 0.625. The molecule has 0 aliphatic carbocycles. The topological polar surface area (TPSA) is 148 Å². The van der Waals surface area contributed by atoms with Crippen molar-refractivity contribution in [3.63, 3.8) is 0 Å². The number of urea groups is 1. The molecule has 2 unspecified atom stereocenters. The van der Waals surface area contributed by atoms with Crippen LogP contribution in [0.4, 0.5) is 4.79 Å². The van der Waals surface area contributed by atoms with Gasteiger partial charge in [0.05, 0.1) is 12.9 Å². The SMILES string of the molecule is CCOC(=O)C(CCO)(C(=O)O)C(N(CC(C)C)C(N)=O)n1ccnc1. The molecule has 0 aliphatic heterocycles. The average molecular weight is 370 g/mol. The van der Waals surface area contributed by atoms with Crippen LogP contribution in [0.25, 0.3) is 0 Å². The summed E-state index contributed by atoms with van der Waals surface area (Å²) >= 11 is 0. The molecule has 0 aliphatic rings. The first-order valence-electron chi connectivity index (χ1n) is 8.27. The van der Waals surface area contributed by atoms with Crippen molar-refractivity contribution in [1.29, 1.82) is 0 Å². The fourth-order valence-electron chi connectivity index (χ4n) is 2.88. The number of aliphatic hydroxyl groups excluding tert-OH is 1. The Morgan fingerprint density at radius 1 is 1.38 bits per heavy atom. The zero-order chi connectivity index (χ0) is 19.9. The van der Waals surface area contributed by atoms with E-state index in [2.05, 4.69) is 4.98 Å². The van der Waals surface area contributed by atoms with Gasteiger partial charge in [-0.05, 0) is 12.8 Å². The first kappa shape index (κ1) is 21.4. The van der Waals surface area contributed by atoms with E-state index in [0.717, 1.165) is 4.90 Å². The molecule has 26 heavy (non-hydrogen) atoms. The summed E-state index contributed by atoms with van der Waals surface area (Å²) in [5.74, 6) is -2.65. The number of nitrogens with two attached hydrogens (primary N) is 1. The monoisotopic (exact) mass is 370 g/mol. The van der Waals surface area contributed by atoms with E-state index in [1.807, 2.05) is 13.8 Å². The zero-order valence-corrected chi connectivity index (χ0v) is 15.2. The van der Waals surface area contributed by atoms with Crippen LogP contribution in [0.2, 0.25) is 0 Å². The van der Waals surface area contributed by atoms with Gasteiger partial charge in [-0.2, -0.15) is 0 Å². The second-order valence-electron chi connectivity index (χ2n) is 6.24. The quantitative estimate of drug-likeness (QED) is 0.399. The predicted octanol–water partition coefficient (Wildman–Crippen LogP) is 0.435. The first-order valence-corrected chi connectivity index (χ1v) is 8.27. The van der Waals surface area contributed by atoms with Crippen LogP contribution in [-0.4, -0.2) is 62.4 Å². The number of ether oxygens (including phenoxy) is 1. The lowest BCUT2D eigenvalue weighted by Crippen LogP contribution is -2.57. The molecule has 0 spiro atoms. The zero-order valence-electron chi connectivity index (χ0n) is 15.2. The van der Waals surface area contributed by atoms with E-state index in [1.165, 1.54) is 30.2 Å². The molecule has 1 heterocycles. The van der Waals surface area contributed by atoms with Gasteiger partial charge < -0.3 is 30.2 Å². The Bertz CT molecular complexity index is 618. The molecule has 0 saturated heterocycles. The lowest BCUT2D eigenvalue weighted by Gasteiger charge is -2.42. The highest BCUT2D eigenvalue weighted by Gasteiger charge is 2.57. The Labute approximate surface area is 151 Å². The summed E-state index contributed by atoms with van der Waals surface area (Å²) in [6.07, 6.45) is 2.28. The Kier molecular flexibility index (Phi) is 7.56. The van der Waals surface area contributed by atoms with E-state index in [-0.39, 0.29) is 19.1 Å². The number of aromatic nitrogens is 2. The van der Waals surface area contributed by atoms with Gasteiger partial charge in [0, 0.05) is 32.0 Å². The molecule has 2 amide bonds. The van der Waals surface area contributed by atoms with Gasteiger partial charge in [-0.1, -0.05) is 13.8 Å². The number of hydrogen-bond donors (Lipinski definition) is 3. The summed E-state index contributed by atoms with van der Waals surface area (Å²) in [4.78, 5) is 42.1. The molecule has 0 saturated carbocycles. The maximum Gasteiger partial charge on any atom is 0.327 e. The number of aliphatic carboxylic acids is 1. The Morgan fingerprint density at radius 2 is 2.04 bits per heavy atom. The number of esters is 1. The van der Waals surface area contributed by atoms with Crippen LogP contribution in [0.1, 0.15) is 33.4 Å². The molecule has 146 valence electrons. The van der Waals surface area contributed by atoms with Gasteiger partial charge in [0.1, 0.15) is 6.17 Å². The van der Waals surface area contributed by atoms with Gasteiger partial charge in [-0.25, -0.2) is 9.78 Å². The van der Waals surface area contributed by atoms with E-state index in [0.29, 0.717) is 0 Å². The third kappa shape index (κ3) is 4.31. The lowest BCUT2D eigenvalue weighted by molar-refractivity contribution is -0.179. The molecule has 0 bridgehead atoms. The fourth-order valence-corrected chi connectivity index (χ4v) is 2.88. The van der Waals surface area contributed by atoms with E-state index >= 15 is 0 Å². The number of carboxylic acids is 1. The highest BCUT2D eigenvalue weighted by Crippen LogP contribution is 2.40. The van der Waals surface area contributed by atoms with E-state index in [1.54, 1.807) is 0 Å². The van der Waals surface area contributed by atoms with Crippen molar-refractivity contribution >= 4 is 18.0 Å². The lowest BCUT2D eigenvalue weighted by atomic mass is 9.79. The van der Waals surface area contributed by atoms with E-state index in [9.17, 15) is 24.6 Å². The summed E-state index contributed by atoms with van der Waals surface area (Å²) in [7, 11) is 0. The molecule has 1 aromatic heterocycles. The highest BCUT2D eigenvalue weighted by molar-refractivity contribution is 6.00. The summed E-state index contributed by atoms with van der Waals surface area (Å²) in [6, 6.07) is -0.898. The highest BCUT2D eigenvalue weighted by atomic mass is 16.5. The van der Waals surface area contributed by atoms with Crippen molar-refractivity contribution in [2.24, 2.45) is 17.1 Å². The first-order chi connectivity index (χ1) is 12.2. The molecule has 0 fully saturated rings. The molecule has 10 heteroatoms. The van der Waals surface area contributed by atoms with Crippen molar-refractivity contribution < 1.29 is 29.3 Å². The Hall–Kier alpha value is -2.62. The van der Waals surface area contributed by atoms with E-state index in [4.69, 9.17) is 10.5 Å². The maximum absolute atomic E-state index is 12.7. The molecule has 4 N–H and O–H groups in total. The van der Waals surface area contributed by atoms with Crippen LogP contribution in [0.5, 0.6) is 0 Å². The van der Waals surface area contributed by atoms with Gasteiger partial charge >= 0.3 is 18.0 Å². The third-order valence-electron chi connectivity index (χ3n) is 3.92. The maximum atomic E-state index is 12.7. The number of imidazole rings is 1. The number of hydrogen-bond acceptors (Lipinski definition) is 6. The van der Waals surface area contributed by atoms with Crippen LogP contribution < -0.4 is 5.73 Å². The van der Waals surface area contributed by atoms with Crippen molar-refractivity contribution in [2.75, 3.05) is 19.8 Å².